The highest BCUT2D eigenvalue weighted by atomic mass is 35.5. The van der Waals surface area contributed by atoms with Gasteiger partial charge >= 0.3 is 0 Å². The number of halogens is 1. The molecule has 0 saturated carbocycles. The molecule has 1 aliphatic rings. The van der Waals surface area contributed by atoms with Gasteiger partial charge in [0.05, 0.1) is 12.2 Å². The molecule has 6 nitrogen and oxygen atoms in total. The van der Waals surface area contributed by atoms with Crippen LogP contribution in [-0.2, 0) is 0 Å². The van der Waals surface area contributed by atoms with Crippen LogP contribution in [-0.4, -0.2) is 38.3 Å². The second-order valence-electron chi connectivity index (χ2n) is 7.71. The van der Waals surface area contributed by atoms with Crippen LogP contribution < -0.4 is 5.43 Å². The minimum absolute atomic E-state index is 0.0737. The van der Waals surface area contributed by atoms with Gasteiger partial charge in [0.15, 0.2) is 11.4 Å². The fraction of sp³-hybridized carbons (Fsp3) is 0.261. The fourth-order valence-corrected chi connectivity index (χ4v) is 4.30. The van der Waals surface area contributed by atoms with Crippen molar-refractivity contribution < 1.29 is 9.90 Å². The maximum atomic E-state index is 13.1. The van der Waals surface area contributed by atoms with Gasteiger partial charge in [-0.2, -0.15) is 5.10 Å². The molecular weight excluding hydrogens is 402 g/mol. The fourth-order valence-electron chi connectivity index (χ4n) is 4.10. The van der Waals surface area contributed by atoms with Crippen molar-refractivity contribution in [2.24, 2.45) is 0 Å². The van der Waals surface area contributed by atoms with E-state index in [1.807, 2.05) is 68.4 Å². The number of benzene rings is 2. The topological polar surface area (TPSA) is 75.4 Å². The standard InChI is InChI=1S/C23H22ClN3O3/c1-14(2)26-13-18(27-21(23(26)30)22(29)19(28)12-25-27)20(15-7-4-3-5-8-15)16-9-6-10-17(24)11-16/h3-12,14,18,20,29H,13H2,1-2H3/t18-,20?/m0/s1. The molecule has 1 aliphatic heterocycles. The summed E-state index contributed by atoms with van der Waals surface area (Å²) in [5.41, 5.74) is 1.24. The average Bonchev–Trinajstić information content (AvgIpc) is 2.73. The van der Waals surface area contributed by atoms with E-state index in [9.17, 15) is 14.7 Å². The van der Waals surface area contributed by atoms with Gasteiger partial charge in [0.2, 0.25) is 5.43 Å². The van der Waals surface area contributed by atoms with Gasteiger partial charge in [0.25, 0.3) is 5.91 Å². The predicted molar refractivity (Wildman–Crippen MR) is 115 cm³/mol. The molecule has 1 unspecified atom stereocenters. The van der Waals surface area contributed by atoms with Crippen molar-refractivity contribution >= 4 is 17.5 Å². The van der Waals surface area contributed by atoms with E-state index in [0.29, 0.717) is 11.6 Å². The van der Waals surface area contributed by atoms with E-state index in [1.54, 1.807) is 4.90 Å². The van der Waals surface area contributed by atoms with E-state index >= 15 is 0 Å². The van der Waals surface area contributed by atoms with E-state index < -0.39 is 17.1 Å². The molecular formula is C23H22ClN3O3. The Morgan fingerprint density at radius 2 is 1.77 bits per heavy atom. The lowest BCUT2D eigenvalue weighted by Crippen LogP contribution is -2.49. The van der Waals surface area contributed by atoms with Gasteiger partial charge in [0, 0.05) is 23.5 Å². The second kappa shape index (κ2) is 7.95. The third-order valence-corrected chi connectivity index (χ3v) is 5.76. The predicted octanol–water partition coefficient (Wildman–Crippen LogP) is 3.84. The minimum atomic E-state index is -0.669. The number of nitrogens with zero attached hydrogens (tertiary/aromatic N) is 3. The van der Waals surface area contributed by atoms with E-state index in [1.165, 1.54) is 4.68 Å². The van der Waals surface area contributed by atoms with E-state index in [2.05, 4.69) is 5.10 Å². The quantitative estimate of drug-likeness (QED) is 0.691. The summed E-state index contributed by atoms with van der Waals surface area (Å²) in [6.45, 7) is 4.20. The molecule has 2 atom stereocenters. The largest absolute Gasteiger partial charge is 0.502 e. The van der Waals surface area contributed by atoms with Gasteiger partial charge in [-0.1, -0.05) is 54.1 Å². The van der Waals surface area contributed by atoms with Gasteiger partial charge in [-0.3, -0.25) is 14.3 Å². The average molecular weight is 424 g/mol. The maximum Gasteiger partial charge on any atom is 0.276 e. The number of aromatic hydroxyl groups is 1. The molecule has 0 bridgehead atoms. The Hall–Kier alpha value is -3.12. The van der Waals surface area contributed by atoms with Crippen molar-refractivity contribution in [2.75, 3.05) is 6.54 Å². The number of carbonyl (C=O) groups excluding carboxylic acids is 1. The number of carbonyl (C=O) groups is 1. The molecule has 0 aliphatic carbocycles. The van der Waals surface area contributed by atoms with Crippen LogP contribution in [0.1, 0.15) is 47.4 Å². The summed E-state index contributed by atoms with van der Waals surface area (Å²) >= 11 is 6.30. The van der Waals surface area contributed by atoms with Crippen molar-refractivity contribution in [1.82, 2.24) is 14.7 Å². The van der Waals surface area contributed by atoms with Crippen LogP contribution in [0, 0.1) is 0 Å². The van der Waals surface area contributed by atoms with Crippen molar-refractivity contribution in [3.05, 3.63) is 92.9 Å². The Labute approximate surface area is 179 Å². The third-order valence-electron chi connectivity index (χ3n) is 5.52. The Bertz CT molecular complexity index is 1140. The van der Waals surface area contributed by atoms with Crippen LogP contribution in [0.2, 0.25) is 5.02 Å². The monoisotopic (exact) mass is 423 g/mol. The SMILES string of the molecule is CC(C)N1C[C@@H](C(c2ccccc2)c2cccc(Cl)c2)n2ncc(=O)c(O)c2C1=O. The molecule has 3 aromatic rings. The molecule has 1 aromatic heterocycles. The summed E-state index contributed by atoms with van der Waals surface area (Å²) < 4.78 is 1.50. The molecule has 154 valence electrons. The first-order chi connectivity index (χ1) is 14.4. The van der Waals surface area contributed by atoms with Gasteiger partial charge in [-0.25, -0.2) is 0 Å². The first kappa shape index (κ1) is 20.2. The third kappa shape index (κ3) is 3.48. The van der Waals surface area contributed by atoms with Gasteiger partial charge in [-0.15, -0.1) is 0 Å². The molecule has 1 amide bonds. The molecule has 4 rings (SSSR count). The summed E-state index contributed by atoms with van der Waals surface area (Å²) in [4.78, 5) is 26.8. The summed E-state index contributed by atoms with van der Waals surface area (Å²) in [5, 5.41) is 15.3. The van der Waals surface area contributed by atoms with Crippen molar-refractivity contribution in [1.29, 1.82) is 0 Å². The molecule has 0 radical (unpaired) electrons. The molecule has 2 heterocycles. The minimum Gasteiger partial charge on any atom is -0.502 e. The van der Waals surface area contributed by atoms with Gasteiger partial charge in [0.1, 0.15) is 0 Å². The zero-order chi connectivity index (χ0) is 21.4. The Morgan fingerprint density at radius 3 is 2.43 bits per heavy atom. The maximum absolute atomic E-state index is 13.1. The van der Waals surface area contributed by atoms with Crippen LogP contribution in [0.4, 0.5) is 0 Å². The molecule has 1 N–H and O–H groups in total. The van der Waals surface area contributed by atoms with Crippen LogP contribution in [0.3, 0.4) is 0 Å². The van der Waals surface area contributed by atoms with E-state index in [-0.39, 0.29) is 23.7 Å². The number of amides is 1. The van der Waals surface area contributed by atoms with E-state index in [4.69, 9.17) is 11.6 Å². The summed E-state index contributed by atoms with van der Waals surface area (Å²) in [6.07, 6.45) is 1.06. The summed E-state index contributed by atoms with van der Waals surface area (Å²) in [6, 6.07) is 17.0. The zero-order valence-corrected chi connectivity index (χ0v) is 17.5. The van der Waals surface area contributed by atoms with Crippen LogP contribution in [0.25, 0.3) is 0 Å². The highest BCUT2D eigenvalue weighted by Crippen LogP contribution is 2.40. The summed E-state index contributed by atoms with van der Waals surface area (Å²) in [7, 11) is 0. The molecule has 7 heteroatoms. The van der Waals surface area contributed by atoms with Gasteiger partial charge < -0.3 is 10.0 Å². The lowest BCUT2D eigenvalue weighted by atomic mass is 9.83. The van der Waals surface area contributed by atoms with Crippen molar-refractivity contribution in [3.8, 4) is 5.75 Å². The number of hydrogen-bond acceptors (Lipinski definition) is 4. The number of fused-ring (bicyclic) bond motifs is 1. The lowest BCUT2D eigenvalue weighted by molar-refractivity contribution is 0.0570. The molecule has 0 saturated heterocycles. The first-order valence-electron chi connectivity index (χ1n) is 9.80. The van der Waals surface area contributed by atoms with Crippen LogP contribution in [0.15, 0.2) is 65.6 Å². The van der Waals surface area contributed by atoms with Crippen LogP contribution >= 0.6 is 11.6 Å². The Kier molecular flexibility index (Phi) is 5.35. The first-order valence-corrected chi connectivity index (χ1v) is 10.2. The highest BCUT2D eigenvalue weighted by Gasteiger charge is 2.40. The normalized spacial score (nSPS) is 17.1. The Morgan fingerprint density at radius 1 is 1.07 bits per heavy atom. The molecule has 2 aromatic carbocycles. The number of rotatable bonds is 4. The number of aromatic nitrogens is 2. The van der Waals surface area contributed by atoms with E-state index in [0.717, 1.165) is 17.3 Å². The van der Waals surface area contributed by atoms with Gasteiger partial charge in [-0.05, 0) is 37.1 Å². The van der Waals surface area contributed by atoms with Crippen molar-refractivity contribution in [2.45, 2.75) is 31.8 Å². The van der Waals surface area contributed by atoms with Crippen LogP contribution in [0.5, 0.6) is 5.75 Å². The molecule has 0 fully saturated rings. The molecule has 0 spiro atoms. The number of hydrogen-bond donors (Lipinski definition) is 1. The smallest absolute Gasteiger partial charge is 0.276 e. The summed E-state index contributed by atoms with van der Waals surface area (Å²) in [5.74, 6) is -1.17. The van der Waals surface area contributed by atoms with Crippen molar-refractivity contribution in [3.63, 3.8) is 0 Å². The zero-order valence-electron chi connectivity index (χ0n) is 16.7. The lowest BCUT2D eigenvalue weighted by Gasteiger charge is -2.41. The molecule has 30 heavy (non-hydrogen) atoms. The second-order valence-corrected chi connectivity index (χ2v) is 8.15. The highest BCUT2D eigenvalue weighted by molar-refractivity contribution is 6.30. The Balaban J connectivity index is 1.97.